The predicted molar refractivity (Wildman–Crippen MR) is 117 cm³/mol. The highest BCUT2D eigenvalue weighted by Crippen LogP contribution is 2.46. The lowest BCUT2D eigenvalue weighted by Gasteiger charge is -2.28. The molecule has 1 atom stereocenters. The van der Waals surface area contributed by atoms with Crippen LogP contribution >= 0.6 is 0 Å². The Kier molecular flexibility index (Phi) is 7.48. The summed E-state index contributed by atoms with van der Waals surface area (Å²) >= 11 is 0. The molecule has 1 aromatic carbocycles. The first-order chi connectivity index (χ1) is 16.4. The van der Waals surface area contributed by atoms with Crippen molar-refractivity contribution in [1.29, 1.82) is 5.26 Å². The number of hydrogen-bond acceptors (Lipinski definition) is 10. The predicted octanol–water partition coefficient (Wildman–Crippen LogP) is 3.30. The Morgan fingerprint density at radius 2 is 1.94 bits per heavy atom. The van der Waals surface area contributed by atoms with Crippen LogP contribution in [0.5, 0.6) is 11.5 Å². The topological polar surface area (TPSA) is 143 Å². The number of furan rings is 1. The minimum absolute atomic E-state index is 0.0245. The minimum atomic E-state index is -0.926. The van der Waals surface area contributed by atoms with Crippen LogP contribution in [0.4, 0.5) is 0 Å². The molecular weight excluding hydrogens is 444 g/mol. The second-order valence-corrected chi connectivity index (χ2v) is 7.04. The number of rotatable bonds is 8. The van der Waals surface area contributed by atoms with Crippen LogP contribution in [-0.2, 0) is 25.6 Å². The molecule has 1 aliphatic heterocycles. The van der Waals surface area contributed by atoms with Crippen molar-refractivity contribution in [1.82, 2.24) is 0 Å². The standard InChI is InChI=1S/C24H24N2O8/c1-5-31-24(28)19-13(2)33-22(26)16(11-25)20(19)15-7-6-8-17(29-3)21(15)32-12-14-9-10-18(34-14)23(27)30-4/h6-10,20H,5,12,26H2,1-4H3. The number of nitriles is 1. The Labute approximate surface area is 196 Å². The highest BCUT2D eigenvalue weighted by molar-refractivity contribution is 5.93. The number of para-hydroxylation sites is 1. The van der Waals surface area contributed by atoms with E-state index in [2.05, 4.69) is 4.74 Å². The van der Waals surface area contributed by atoms with Gasteiger partial charge in [-0.3, -0.25) is 0 Å². The lowest BCUT2D eigenvalue weighted by atomic mass is 9.82. The zero-order valence-corrected chi connectivity index (χ0v) is 19.2. The van der Waals surface area contributed by atoms with Crippen LogP contribution in [0.15, 0.2) is 57.5 Å². The Morgan fingerprint density at radius 1 is 1.18 bits per heavy atom. The third kappa shape index (κ3) is 4.68. The van der Waals surface area contributed by atoms with E-state index in [-0.39, 0.29) is 47.5 Å². The number of carbonyl (C=O) groups excluding carboxylic acids is 2. The van der Waals surface area contributed by atoms with Crippen molar-refractivity contribution < 1.29 is 37.7 Å². The number of benzene rings is 1. The highest BCUT2D eigenvalue weighted by Gasteiger charge is 2.38. The van der Waals surface area contributed by atoms with Gasteiger partial charge in [0, 0.05) is 5.56 Å². The van der Waals surface area contributed by atoms with Crippen LogP contribution in [0.2, 0.25) is 0 Å². The maximum Gasteiger partial charge on any atom is 0.373 e. The number of methoxy groups -OCH3 is 2. The molecule has 0 aliphatic carbocycles. The van der Waals surface area contributed by atoms with E-state index < -0.39 is 17.9 Å². The van der Waals surface area contributed by atoms with Crippen LogP contribution in [0, 0.1) is 11.3 Å². The second-order valence-electron chi connectivity index (χ2n) is 7.04. The fraction of sp³-hybridized carbons (Fsp3) is 0.292. The summed E-state index contributed by atoms with van der Waals surface area (Å²) in [6.45, 7) is 3.30. The van der Waals surface area contributed by atoms with Gasteiger partial charge in [-0.05, 0) is 32.0 Å². The van der Waals surface area contributed by atoms with E-state index in [4.69, 9.17) is 29.1 Å². The van der Waals surface area contributed by atoms with Gasteiger partial charge in [-0.1, -0.05) is 12.1 Å². The van der Waals surface area contributed by atoms with Gasteiger partial charge in [-0.25, -0.2) is 9.59 Å². The van der Waals surface area contributed by atoms with Gasteiger partial charge >= 0.3 is 11.9 Å². The Balaban J connectivity index is 2.08. The van der Waals surface area contributed by atoms with E-state index in [9.17, 15) is 14.9 Å². The summed E-state index contributed by atoms with van der Waals surface area (Å²) in [4.78, 5) is 24.5. The molecule has 0 amide bonds. The van der Waals surface area contributed by atoms with Crippen LogP contribution in [0.1, 0.15) is 41.6 Å². The van der Waals surface area contributed by atoms with Crippen molar-refractivity contribution in [2.75, 3.05) is 20.8 Å². The summed E-state index contributed by atoms with van der Waals surface area (Å²) in [5.74, 6) is -1.14. The zero-order chi connectivity index (χ0) is 24.8. The molecule has 2 aromatic rings. The van der Waals surface area contributed by atoms with Crippen LogP contribution in [0.25, 0.3) is 0 Å². The van der Waals surface area contributed by atoms with Gasteiger partial charge in [-0.2, -0.15) is 5.26 Å². The first-order valence-electron chi connectivity index (χ1n) is 10.3. The Bertz CT molecular complexity index is 1200. The second kappa shape index (κ2) is 10.5. The third-order valence-electron chi connectivity index (χ3n) is 5.05. The first-order valence-corrected chi connectivity index (χ1v) is 10.3. The molecule has 0 saturated carbocycles. The third-order valence-corrected chi connectivity index (χ3v) is 5.05. The molecule has 0 saturated heterocycles. The molecule has 3 rings (SSSR count). The molecule has 0 bridgehead atoms. The number of ether oxygens (including phenoxy) is 5. The molecular formula is C24H24N2O8. The molecule has 0 radical (unpaired) electrons. The molecule has 0 spiro atoms. The van der Waals surface area contributed by atoms with Crippen LogP contribution in [-0.4, -0.2) is 32.8 Å². The van der Waals surface area contributed by atoms with Crippen molar-refractivity contribution in [3.8, 4) is 17.6 Å². The smallest absolute Gasteiger partial charge is 0.373 e. The van der Waals surface area contributed by atoms with Gasteiger partial charge < -0.3 is 33.8 Å². The van der Waals surface area contributed by atoms with Gasteiger partial charge in [0.1, 0.15) is 29.8 Å². The van der Waals surface area contributed by atoms with E-state index in [1.165, 1.54) is 20.3 Å². The SMILES string of the molecule is CCOC(=O)C1=C(C)OC(N)=C(C#N)C1c1cccc(OC)c1OCc1ccc(C(=O)OC)o1. The quantitative estimate of drug-likeness (QED) is 0.573. The molecule has 0 fully saturated rings. The van der Waals surface area contributed by atoms with Crippen molar-refractivity contribution in [2.45, 2.75) is 26.4 Å². The van der Waals surface area contributed by atoms with Gasteiger partial charge in [0.25, 0.3) is 0 Å². The van der Waals surface area contributed by atoms with E-state index in [1.54, 1.807) is 38.1 Å². The van der Waals surface area contributed by atoms with Gasteiger partial charge in [0.2, 0.25) is 11.6 Å². The van der Waals surface area contributed by atoms with Gasteiger partial charge in [0.05, 0.1) is 32.3 Å². The summed E-state index contributed by atoms with van der Waals surface area (Å²) in [6.07, 6.45) is 0. The van der Waals surface area contributed by atoms with Crippen molar-refractivity contribution >= 4 is 11.9 Å². The summed E-state index contributed by atoms with van der Waals surface area (Å²) in [5.41, 5.74) is 6.57. The molecule has 2 N–H and O–H groups in total. The number of nitrogens with zero attached hydrogens (tertiary/aromatic N) is 1. The lowest BCUT2D eigenvalue weighted by molar-refractivity contribution is -0.139. The maximum absolute atomic E-state index is 12.8. The average Bonchev–Trinajstić information content (AvgIpc) is 3.30. The zero-order valence-electron chi connectivity index (χ0n) is 19.2. The minimum Gasteiger partial charge on any atom is -0.493 e. The molecule has 10 heteroatoms. The number of allylic oxidation sites excluding steroid dienone is 2. The van der Waals surface area contributed by atoms with E-state index in [0.29, 0.717) is 17.1 Å². The largest absolute Gasteiger partial charge is 0.493 e. The number of hydrogen-bond donors (Lipinski definition) is 1. The van der Waals surface area contributed by atoms with Crippen molar-refractivity contribution in [3.05, 3.63) is 70.2 Å². The van der Waals surface area contributed by atoms with E-state index >= 15 is 0 Å². The van der Waals surface area contributed by atoms with E-state index in [0.717, 1.165) is 0 Å². The molecule has 1 aliphatic rings. The van der Waals surface area contributed by atoms with Gasteiger partial charge in [-0.15, -0.1) is 0 Å². The Morgan fingerprint density at radius 3 is 2.59 bits per heavy atom. The molecule has 2 heterocycles. The van der Waals surface area contributed by atoms with E-state index in [1.807, 2.05) is 6.07 Å². The van der Waals surface area contributed by atoms with Crippen LogP contribution in [0.3, 0.4) is 0 Å². The normalized spacial score (nSPS) is 15.3. The average molecular weight is 468 g/mol. The summed E-state index contributed by atoms with van der Waals surface area (Å²) in [6, 6.07) is 10.1. The fourth-order valence-electron chi connectivity index (χ4n) is 3.55. The first kappa shape index (κ1) is 24.3. The molecule has 34 heavy (non-hydrogen) atoms. The summed E-state index contributed by atoms with van der Waals surface area (Å²) in [5, 5.41) is 9.84. The maximum atomic E-state index is 12.8. The van der Waals surface area contributed by atoms with Crippen molar-refractivity contribution in [3.63, 3.8) is 0 Å². The monoisotopic (exact) mass is 468 g/mol. The molecule has 10 nitrogen and oxygen atoms in total. The summed E-state index contributed by atoms with van der Waals surface area (Å²) in [7, 11) is 2.71. The molecule has 1 aromatic heterocycles. The fourth-order valence-corrected chi connectivity index (χ4v) is 3.55. The highest BCUT2D eigenvalue weighted by atomic mass is 16.5. The molecule has 1 unspecified atom stereocenters. The van der Waals surface area contributed by atoms with Gasteiger partial charge in [0.15, 0.2) is 11.5 Å². The number of nitrogens with two attached hydrogens (primary N) is 1. The Hall–Kier alpha value is -4.39. The number of carbonyl (C=O) groups is 2. The van der Waals surface area contributed by atoms with Crippen LogP contribution < -0.4 is 15.2 Å². The molecule has 178 valence electrons. The number of esters is 2. The van der Waals surface area contributed by atoms with Crippen molar-refractivity contribution in [2.24, 2.45) is 5.73 Å². The lowest BCUT2D eigenvalue weighted by Crippen LogP contribution is -2.26. The summed E-state index contributed by atoms with van der Waals surface area (Å²) < 4.78 is 32.3.